The van der Waals surface area contributed by atoms with E-state index in [9.17, 15) is 4.79 Å². The van der Waals surface area contributed by atoms with Gasteiger partial charge in [-0.3, -0.25) is 14.4 Å². The number of methoxy groups -OCH3 is 1. The zero-order valence-electron chi connectivity index (χ0n) is 45.3. The third-order valence-electron chi connectivity index (χ3n) is 15.7. The number of rotatable bonds is 24. The van der Waals surface area contributed by atoms with E-state index in [1.165, 1.54) is 12.2 Å². The Balaban J connectivity index is 2.91. The van der Waals surface area contributed by atoms with Crippen molar-refractivity contribution in [2.24, 2.45) is 17.8 Å². The third-order valence-corrected chi connectivity index (χ3v) is 33.6. The lowest BCUT2D eigenvalue weighted by atomic mass is 9.79. The molecule has 1 aliphatic heterocycles. The van der Waals surface area contributed by atoms with Crippen LogP contribution in [0.1, 0.15) is 109 Å². The van der Waals surface area contributed by atoms with Crippen LogP contribution in [0.4, 0.5) is 0 Å². The fraction of sp³-hybridized carbons (Fsp3) is 0.837. The van der Waals surface area contributed by atoms with Crippen molar-refractivity contribution in [2.45, 2.75) is 206 Å². The molecule has 1 aromatic carbocycles. The Morgan fingerprint density at radius 2 is 1.12 bits per heavy atom. The Morgan fingerprint density at radius 3 is 1.55 bits per heavy atom. The van der Waals surface area contributed by atoms with Gasteiger partial charge in [0.2, 0.25) is 5.91 Å². The van der Waals surface area contributed by atoms with Crippen LogP contribution in [0.5, 0.6) is 5.75 Å². The van der Waals surface area contributed by atoms with Crippen LogP contribution >= 0.6 is 0 Å². The van der Waals surface area contributed by atoms with E-state index in [1.807, 2.05) is 24.3 Å². The molecule has 1 heterocycles. The molecule has 0 saturated carbocycles. The maximum Gasteiger partial charge on any atom is 0.248 e. The summed E-state index contributed by atoms with van der Waals surface area (Å²) in [6.45, 7) is 49.5. The number of hydrogen-bond donors (Lipinski definition) is 0. The molecule has 0 spiro atoms. The molecule has 1 aliphatic rings. The van der Waals surface area contributed by atoms with Gasteiger partial charge in [0.15, 0.2) is 33.3 Å². The number of amides is 1. The zero-order chi connectivity index (χ0) is 49.9. The van der Waals surface area contributed by atoms with Crippen molar-refractivity contribution in [3.05, 3.63) is 29.8 Å². The average Bonchev–Trinajstić information content (AvgIpc) is 3.84. The highest BCUT2D eigenvalue weighted by molar-refractivity contribution is 6.75. The van der Waals surface area contributed by atoms with Crippen LogP contribution in [0.15, 0.2) is 24.3 Å². The molecule has 0 aromatic heterocycles. The summed E-state index contributed by atoms with van der Waals surface area (Å²) in [7, 11) is -5.30. The highest BCUT2D eigenvalue weighted by Crippen LogP contribution is 2.52. The molecular weight excluding hydrogens is 875 g/mol. The van der Waals surface area contributed by atoms with Crippen molar-refractivity contribution in [3.8, 4) is 5.75 Å². The quantitative estimate of drug-likeness (QED) is 0.0563. The van der Waals surface area contributed by atoms with Gasteiger partial charge in [0, 0.05) is 26.2 Å². The first-order valence-corrected chi connectivity index (χ1v) is 35.2. The van der Waals surface area contributed by atoms with Crippen molar-refractivity contribution in [3.63, 3.8) is 0 Å². The van der Waals surface area contributed by atoms with Gasteiger partial charge < -0.3 is 31.9 Å². The second-order valence-electron chi connectivity index (χ2n) is 24.8. The van der Waals surface area contributed by atoms with E-state index < -0.39 is 62.9 Å². The number of ether oxygens (including phenoxy) is 3. The predicted octanol–water partition coefficient (Wildman–Crippen LogP) is 12.0. The first-order chi connectivity index (χ1) is 28.7. The molecule has 1 unspecified atom stereocenters. The highest BCUT2D eigenvalue weighted by atomic mass is 28.4. The molecule has 11 nitrogen and oxygen atoms in total. The summed E-state index contributed by atoms with van der Waals surface area (Å²) < 4.78 is 47.5. The molecule has 0 aliphatic carbocycles. The lowest BCUT2D eigenvalue weighted by Gasteiger charge is -2.46. The number of carbonyl (C=O) groups excluding carboxylic acids is 2. The van der Waals surface area contributed by atoms with E-state index >= 15 is 4.79 Å². The minimum absolute atomic E-state index is 0.0135. The lowest BCUT2D eigenvalue weighted by molar-refractivity contribution is -0.171. The Hall–Kier alpha value is -1.25. The molecule has 1 fully saturated rings. The summed E-state index contributed by atoms with van der Waals surface area (Å²) in [4.78, 5) is 35.8. The van der Waals surface area contributed by atoms with Crippen LogP contribution in [0.2, 0.25) is 72.5 Å². The van der Waals surface area contributed by atoms with Gasteiger partial charge in [-0.25, -0.2) is 5.06 Å². The molecule has 7 atom stereocenters. The van der Waals surface area contributed by atoms with Crippen molar-refractivity contribution >= 4 is 45.0 Å². The number of ketones is 1. The van der Waals surface area contributed by atoms with E-state index in [4.69, 9.17) is 36.8 Å². The molecule has 0 bridgehead atoms. The topological polar surface area (TPSA) is 115 Å². The van der Waals surface area contributed by atoms with Crippen LogP contribution in [0.3, 0.4) is 0 Å². The summed E-state index contributed by atoms with van der Waals surface area (Å²) >= 11 is 0. The van der Waals surface area contributed by atoms with Gasteiger partial charge in [-0.2, -0.15) is 0 Å². The molecule has 2 rings (SSSR count). The molecule has 1 aromatic rings. The Kier molecular flexibility index (Phi) is 19.9. The first-order valence-electron chi connectivity index (χ1n) is 23.6. The van der Waals surface area contributed by atoms with Gasteiger partial charge >= 0.3 is 0 Å². The monoisotopic (exact) mass is 970 g/mol. The summed E-state index contributed by atoms with van der Waals surface area (Å²) in [5.74, 6) is -1.19. The van der Waals surface area contributed by atoms with E-state index in [0.29, 0.717) is 13.2 Å². The standard InChI is InChI=1S/C49H95NO10Si4/c1-35(31-55-32-36-26-28-37(53-16)29-27-36)43-49(14,58-43)44(60-64(24,25)48(11,12)13)39(34-57-62(20,21)46(5,6)7)42(52)38(33-56-61(18,19)45(2,3)4)40(30-41(51)50(15)54-17)59-63(22,23)47(8,9)10/h26-29,35,38-40,43-44H,30-34H2,1-25H3/t35-,38+,39-,40+,43+,44-,49?/m0/s1. The van der Waals surface area contributed by atoms with Crippen LogP contribution in [-0.4, -0.2) is 115 Å². The Morgan fingerprint density at radius 1 is 0.688 bits per heavy atom. The summed E-state index contributed by atoms with van der Waals surface area (Å²) in [6, 6.07) is 7.90. The van der Waals surface area contributed by atoms with Crippen molar-refractivity contribution in [1.29, 1.82) is 0 Å². The highest BCUT2D eigenvalue weighted by Gasteiger charge is 2.65. The summed E-state index contributed by atoms with van der Waals surface area (Å²) in [5.41, 5.74) is 0.207. The number of carbonyl (C=O) groups is 2. The zero-order valence-corrected chi connectivity index (χ0v) is 49.3. The maximum atomic E-state index is 16.4. The molecule has 372 valence electrons. The number of hydroxylamine groups is 2. The molecule has 0 N–H and O–H groups in total. The number of hydrogen-bond acceptors (Lipinski definition) is 10. The van der Waals surface area contributed by atoms with Gasteiger partial charge in [-0.05, 0) is 97.1 Å². The van der Waals surface area contributed by atoms with E-state index in [1.54, 1.807) is 14.2 Å². The van der Waals surface area contributed by atoms with Crippen molar-refractivity contribution in [2.75, 3.05) is 41.1 Å². The largest absolute Gasteiger partial charge is 0.497 e. The number of epoxide rings is 1. The van der Waals surface area contributed by atoms with Crippen LogP contribution in [0, 0.1) is 17.8 Å². The van der Waals surface area contributed by atoms with Gasteiger partial charge in [-0.15, -0.1) is 0 Å². The third kappa shape index (κ3) is 15.1. The number of benzene rings is 1. The molecule has 15 heteroatoms. The fourth-order valence-electron chi connectivity index (χ4n) is 6.63. The van der Waals surface area contributed by atoms with Crippen molar-refractivity contribution < 1.29 is 46.3 Å². The van der Waals surface area contributed by atoms with Gasteiger partial charge in [0.05, 0.1) is 64.0 Å². The minimum atomic E-state index is -2.59. The van der Waals surface area contributed by atoms with E-state index in [-0.39, 0.29) is 63.5 Å². The molecule has 1 saturated heterocycles. The second kappa shape index (κ2) is 21.6. The first kappa shape index (κ1) is 58.9. The Labute approximate surface area is 395 Å². The normalized spacial score (nSPS) is 20.6. The second-order valence-corrected chi connectivity index (χ2v) is 43.9. The SMILES string of the molecule is COc1ccc(COC[C@H](C)[C@H]2OC2(C)[C@@H](O[Si](C)(C)C(C)(C)C)[C@@H](CO[Si](C)(C)C(C)(C)C)C(=O)[C@H](CO[Si](C)(C)C(C)(C)C)[C@@H](CC(=O)N(C)OC)O[Si](C)(C)C(C)(C)C)cc1. The van der Waals surface area contributed by atoms with E-state index in [0.717, 1.165) is 11.3 Å². The average molecular weight is 971 g/mol. The fourth-order valence-corrected chi connectivity index (χ4v) is 11.4. The summed E-state index contributed by atoms with van der Waals surface area (Å²) in [6.07, 6.45) is -1.79. The lowest BCUT2D eigenvalue weighted by Crippen LogP contribution is -2.57. The molecule has 64 heavy (non-hydrogen) atoms. The smallest absolute Gasteiger partial charge is 0.248 e. The molecule has 0 radical (unpaired) electrons. The van der Waals surface area contributed by atoms with Crippen molar-refractivity contribution in [1.82, 2.24) is 5.06 Å². The predicted molar refractivity (Wildman–Crippen MR) is 272 cm³/mol. The minimum Gasteiger partial charge on any atom is -0.497 e. The van der Waals surface area contributed by atoms with Crippen LogP contribution in [-0.2, 0) is 48.2 Å². The van der Waals surface area contributed by atoms with Crippen LogP contribution < -0.4 is 4.74 Å². The van der Waals surface area contributed by atoms with Gasteiger partial charge in [0.1, 0.15) is 17.1 Å². The number of Topliss-reactive ketones (excluding diaryl/α,β-unsaturated/α-hetero) is 1. The van der Waals surface area contributed by atoms with Crippen LogP contribution in [0.25, 0.3) is 0 Å². The van der Waals surface area contributed by atoms with Gasteiger partial charge in [0.25, 0.3) is 0 Å². The maximum absolute atomic E-state index is 16.4. The summed E-state index contributed by atoms with van der Waals surface area (Å²) in [5, 5.41) is 0.590. The van der Waals surface area contributed by atoms with E-state index in [2.05, 4.69) is 149 Å². The Bertz CT molecular complexity index is 1660. The van der Waals surface area contributed by atoms with Gasteiger partial charge in [-0.1, -0.05) is 102 Å². The molecular formula is C49H95NO10Si4. The molecule has 1 amide bonds. The number of nitrogens with zero attached hydrogens (tertiary/aromatic N) is 1.